The van der Waals surface area contributed by atoms with Gasteiger partial charge in [-0.25, -0.2) is 4.98 Å². The van der Waals surface area contributed by atoms with Crippen LogP contribution in [0.15, 0.2) is 71.8 Å². The normalized spacial score (nSPS) is 10.6. The number of pyridine rings is 1. The summed E-state index contributed by atoms with van der Waals surface area (Å²) in [6.45, 7) is 3.68. The summed E-state index contributed by atoms with van der Waals surface area (Å²) in [5, 5.41) is 3.24. The Kier molecular flexibility index (Phi) is 6.51. The van der Waals surface area contributed by atoms with Gasteiger partial charge in [-0.05, 0) is 56.3 Å². The van der Waals surface area contributed by atoms with E-state index in [9.17, 15) is 9.59 Å². The maximum absolute atomic E-state index is 12.8. The van der Waals surface area contributed by atoms with E-state index < -0.39 is 5.91 Å². The molecule has 7 nitrogen and oxygen atoms in total. The second-order valence-corrected chi connectivity index (χ2v) is 7.94. The maximum Gasteiger partial charge on any atom is 0.255 e. The molecule has 0 radical (unpaired) electrons. The Morgan fingerprint density at radius 3 is 2.61 bits per heavy atom. The molecule has 2 heterocycles. The Hall–Kier alpha value is -3.97. The van der Waals surface area contributed by atoms with Crippen molar-refractivity contribution in [2.75, 3.05) is 5.32 Å². The maximum atomic E-state index is 12.8. The summed E-state index contributed by atoms with van der Waals surface area (Å²) < 4.78 is 5.92. The van der Waals surface area contributed by atoms with Gasteiger partial charge in [0.15, 0.2) is 5.75 Å². The second kappa shape index (κ2) is 9.67. The lowest BCUT2D eigenvalue weighted by Gasteiger charge is -2.13. The van der Waals surface area contributed by atoms with Crippen molar-refractivity contribution in [2.24, 2.45) is 0 Å². The molecule has 4 aromatic rings. The predicted octanol–water partition coefficient (Wildman–Crippen LogP) is 5.08. The Labute approximate surface area is 195 Å². The fourth-order valence-electron chi connectivity index (χ4n) is 3.24. The third-order valence-electron chi connectivity index (χ3n) is 4.96. The molecular formula is C25H21ClN4O3. The molecule has 0 aliphatic rings. The molecule has 0 spiro atoms. The van der Waals surface area contributed by atoms with Crippen molar-refractivity contribution in [2.45, 2.75) is 20.3 Å². The van der Waals surface area contributed by atoms with Crippen molar-refractivity contribution >= 4 is 23.2 Å². The minimum Gasteiger partial charge on any atom is -0.455 e. The van der Waals surface area contributed by atoms with Gasteiger partial charge >= 0.3 is 0 Å². The summed E-state index contributed by atoms with van der Waals surface area (Å²) in [4.78, 5) is 36.7. The highest BCUT2D eigenvalue weighted by Crippen LogP contribution is 2.32. The zero-order chi connectivity index (χ0) is 23.4. The molecule has 0 saturated heterocycles. The van der Waals surface area contributed by atoms with Crippen LogP contribution in [0.3, 0.4) is 0 Å². The molecule has 0 unspecified atom stereocenters. The fraction of sp³-hybridized carbons (Fsp3) is 0.120. The lowest BCUT2D eigenvalue weighted by molar-refractivity contribution is -0.115. The Bertz CT molecular complexity index is 1350. The molecule has 8 heteroatoms. The summed E-state index contributed by atoms with van der Waals surface area (Å²) in [7, 11) is 0. The van der Waals surface area contributed by atoms with Crippen molar-refractivity contribution in [3.05, 3.63) is 99.2 Å². The topological polar surface area (TPSA) is 97.0 Å². The third kappa shape index (κ3) is 5.45. The zero-order valence-corrected chi connectivity index (χ0v) is 18.8. The van der Waals surface area contributed by atoms with Gasteiger partial charge in [-0.15, -0.1) is 0 Å². The van der Waals surface area contributed by atoms with Crippen LogP contribution in [0.25, 0.3) is 11.4 Å². The predicted molar refractivity (Wildman–Crippen MR) is 128 cm³/mol. The highest BCUT2D eigenvalue weighted by atomic mass is 35.5. The third-order valence-corrected chi connectivity index (χ3v) is 5.19. The molecule has 2 aromatic heterocycles. The van der Waals surface area contributed by atoms with Crippen molar-refractivity contribution < 1.29 is 9.53 Å². The Morgan fingerprint density at radius 1 is 1.12 bits per heavy atom. The van der Waals surface area contributed by atoms with Crippen LogP contribution in [0.5, 0.6) is 11.5 Å². The average molecular weight is 461 g/mol. The quantitative estimate of drug-likeness (QED) is 0.418. The van der Waals surface area contributed by atoms with E-state index in [1.165, 1.54) is 0 Å². The molecule has 1 amide bonds. The monoisotopic (exact) mass is 460 g/mol. The highest BCUT2D eigenvalue weighted by Gasteiger charge is 2.16. The largest absolute Gasteiger partial charge is 0.455 e. The number of hydrogen-bond donors (Lipinski definition) is 2. The number of ether oxygens (including phenoxy) is 1. The number of hydrogen-bond acceptors (Lipinski definition) is 5. The lowest BCUT2D eigenvalue weighted by atomic mass is 10.1. The average Bonchev–Trinajstić information content (AvgIpc) is 2.80. The van der Waals surface area contributed by atoms with E-state index in [2.05, 4.69) is 20.3 Å². The summed E-state index contributed by atoms with van der Waals surface area (Å²) in [6, 6.07) is 16.1. The first-order valence-electron chi connectivity index (χ1n) is 10.2. The number of rotatable bonds is 6. The van der Waals surface area contributed by atoms with Crippen LogP contribution in [0, 0.1) is 13.8 Å². The molecule has 166 valence electrons. The second-order valence-electron chi connectivity index (χ2n) is 7.50. The molecule has 0 aliphatic carbocycles. The lowest BCUT2D eigenvalue weighted by Crippen LogP contribution is -2.24. The first kappa shape index (κ1) is 22.2. The number of aromatic nitrogens is 3. The first-order valence-corrected chi connectivity index (χ1v) is 10.6. The van der Waals surface area contributed by atoms with Crippen LogP contribution in [0.1, 0.15) is 16.8 Å². The van der Waals surface area contributed by atoms with Crippen molar-refractivity contribution in [3.63, 3.8) is 0 Å². The molecule has 2 N–H and O–H groups in total. The van der Waals surface area contributed by atoms with Crippen LogP contribution in [-0.4, -0.2) is 20.9 Å². The molecule has 0 saturated carbocycles. The van der Waals surface area contributed by atoms with Crippen molar-refractivity contribution in [1.82, 2.24) is 15.0 Å². The number of anilines is 1. The van der Waals surface area contributed by atoms with Crippen molar-refractivity contribution in [3.8, 4) is 22.9 Å². The number of aryl methyl sites for hydroxylation is 2. The molecule has 0 bridgehead atoms. The molecule has 2 aromatic carbocycles. The summed E-state index contributed by atoms with van der Waals surface area (Å²) >= 11 is 6.13. The van der Waals surface area contributed by atoms with Gasteiger partial charge in [0.25, 0.3) is 5.56 Å². The number of aromatic amines is 1. The van der Waals surface area contributed by atoms with Crippen LogP contribution >= 0.6 is 11.6 Å². The number of carbonyl (C=O) groups is 1. The number of nitrogens with one attached hydrogen (secondary N) is 2. The molecule has 0 aliphatic heterocycles. The van der Waals surface area contributed by atoms with E-state index in [4.69, 9.17) is 16.3 Å². The number of nitrogens with zero attached hydrogens (tertiary/aromatic N) is 2. The molecule has 33 heavy (non-hydrogen) atoms. The van der Waals surface area contributed by atoms with E-state index >= 15 is 0 Å². The van der Waals surface area contributed by atoms with E-state index in [-0.39, 0.29) is 17.5 Å². The zero-order valence-electron chi connectivity index (χ0n) is 18.1. The van der Waals surface area contributed by atoms with Gasteiger partial charge in [0, 0.05) is 34.2 Å². The summed E-state index contributed by atoms with van der Waals surface area (Å²) in [5.41, 5.74) is 2.57. The van der Waals surface area contributed by atoms with Crippen LogP contribution < -0.4 is 15.6 Å². The van der Waals surface area contributed by atoms with Gasteiger partial charge in [0.05, 0.1) is 12.1 Å². The number of amides is 1. The van der Waals surface area contributed by atoms with Gasteiger partial charge in [-0.1, -0.05) is 29.3 Å². The Morgan fingerprint density at radius 2 is 1.91 bits per heavy atom. The van der Waals surface area contributed by atoms with Gasteiger partial charge < -0.3 is 15.0 Å². The number of benzene rings is 2. The first-order chi connectivity index (χ1) is 15.9. The van der Waals surface area contributed by atoms with E-state index in [1.54, 1.807) is 49.6 Å². The van der Waals surface area contributed by atoms with E-state index in [0.29, 0.717) is 39.3 Å². The van der Waals surface area contributed by atoms with Crippen LogP contribution in [0.2, 0.25) is 5.02 Å². The van der Waals surface area contributed by atoms with Gasteiger partial charge in [-0.3, -0.25) is 14.6 Å². The smallest absolute Gasteiger partial charge is 0.255 e. The summed E-state index contributed by atoms with van der Waals surface area (Å²) in [6.07, 6.45) is 3.09. The Balaban J connectivity index is 1.54. The number of halogens is 1. The minimum atomic E-state index is -0.393. The molecule has 4 rings (SSSR count). The summed E-state index contributed by atoms with van der Waals surface area (Å²) in [5.74, 6) is 1.07. The van der Waals surface area contributed by atoms with Crippen molar-refractivity contribution in [1.29, 1.82) is 0 Å². The number of H-pyrrole nitrogens is 1. The number of carbonyl (C=O) groups excluding carboxylic acids is 1. The van der Waals surface area contributed by atoms with Crippen LogP contribution in [0.4, 0.5) is 5.69 Å². The van der Waals surface area contributed by atoms with E-state index in [1.807, 2.05) is 31.2 Å². The van der Waals surface area contributed by atoms with Crippen LogP contribution in [-0.2, 0) is 11.2 Å². The molecular weight excluding hydrogens is 440 g/mol. The van der Waals surface area contributed by atoms with Gasteiger partial charge in [0.1, 0.15) is 11.6 Å². The SMILES string of the molecule is Cc1ccc(Oc2ccc(Cl)cc2NC(=O)Cc2c(C)nc(-c3cccnc3)[nH]c2=O)cc1. The highest BCUT2D eigenvalue weighted by molar-refractivity contribution is 6.31. The van der Waals surface area contributed by atoms with Gasteiger partial charge in [0.2, 0.25) is 5.91 Å². The van der Waals surface area contributed by atoms with E-state index in [0.717, 1.165) is 5.56 Å². The molecule has 0 atom stereocenters. The molecule has 0 fully saturated rings. The van der Waals surface area contributed by atoms with Gasteiger partial charge in [-0.2, -0.15) is 0 Å². The fourth-order valence-corrected chi connectivity index (χ4v) is 3.41. The minimum absolute atomic E-state index is 0.155. The standard InChI is InChI=1S/C25H21ClN4O3/c1-15-5-8-19(9-6-15)33-22-10-7-18(26)12-21(22)29-23(31)13-20-16(2)28-24(30-25(20)32)17-4-3-11-27-14-17/h3-12,14H,13H2,1-2H3,(H,29,31)(H,28,30,32).